The molecule has 0 atom stereocenters. The van der Waals surface area contributed by atoms with Crippen molar-refractivity contribution < 1.29 is 9.59 Å². The topological polar surface area (TPSA) is 61.4 Å². The Morgan fingerprint density at radius 3 is 2.06 bits per heavy atom. The molecule has 0 aromatic heterocycles. The van der Waals surface area contributed by atoms with Crippen LogP contribution in [0.25, 0.3) is 0 Å². The first kappa shape index (κ1) is 11.2. The first-order valence-corrected chi connectivity index (χ1v) is 5.97. The molecule has 0 radical (unpaired) electrons. The molecular weight excluding hydrogens is 206 g/mol. The van der Waals surface area contributed by atoms with Crippen LogP contribution in [-0.4, -0.2) is 42.0 Å². The number of hydrogen-bond donors (Lipinski definition) is 2. The molecule has 0 bridgehead atoms. The fraction of sp³-hybridized carbons (Fsp3) is 0.818. The Labute approximate surface area is 95.6 Å². The predicted molar refractivity (Wildman–Crippen MR) is 60.0 cm³/mol. The van der Waals surface area contributed by atoms with Crippen molar-refractivity contribution in [3.63, 3.8) is 0 Å². The van der Waals surface area contributed by atoms with Crippen LogP contribution >= 0.6 is 0 Å². The number of likely N-dealkylation sites (tertiary alicyclic amines) is 1. The molecule has 1 saturated heterocycles. The van der Waals surface area contributed by atoms with Gasteiger partial charge in [-0.2, -0.15) is 0 Å². The molecule has 5 nitrogen and oxygen atoms in total. The van der Waals surface area contributed by atoms with Crippen LogP contribution in [0.15, 0.2) is 0 Å². The number of nitrogens with one attached hydrogen (secondary N) is 2. The van der Waals surface area contributed by atoms with Gasteiger partial charge >= 0.3 is 6.03 Å². The Morgan fingerprint density at radius 1 is 1.00 bits per heavy atom. The minimum Gasteiger partial charge on any atom is -0.353 e. The van der Waals surface area contributed by atoms with Crippen LogP contribution in [0.1, 0.15) is 32.6 Å². The lowest BCUT2D eigenvalue weighted by molar-refractivity contribution is -0.119. The van der Waals surface area contributed by atoms with E-state index in [-0.39, 0.29) is 18.0 Å². The Bertz CT molecular complexity index is 281. The van der Waals surface area contributed by atoms with E-state index in [0.717, 1.165) is 38.8 Å². The summed E-state index contributed by atoms with van der Waals surface area (Å²) in [5.74, 6) is 0.0147. The van der Waals surface area contributed by atoms with Crippen molar-refractivity contribution in [2.45, 2.75) is 44.7 Å². The Hall–Kier alpha value is -1.26. The van der Waals surface area contributed by atoms with Crippen LogP contribution in [0.3, 0.4) is 0 Å². The highest BCUT2D eigenvalue weighted by molar-refractivity contribution is 5.75. The van der Waals surface area contributed by atoms with Crippen LogP contribution in [0.5, 0.6) is 0 Å². The molecule has 3 amide bonds. The normalized spacial score (nSPS) is 21.7. The van der Waals surface area contributed by atoms with E-state index in [1.807, 2.05) is 4.90 Å². The third-order valence-electron chi connectivity index (χ3n) is 3.09. The molecule has 1 aliphatic carbocycles. The SMILES string of the molecule is CC(=O)NC1CCN(C(=O)NC2CC2)CC1. The van der Waals surface area contributed by atoms with Gasteiger partial charge in [-0.05, 0) is 25.7 Å². The molecule has 0 aromatic rings. The van der Waals surface area contributed by atoms with E-state index in [2.05, 4.69) is 10.6 Å². The number of nitrogens with zero attached hydrogens (tertiary/aromatic N) is 1. The maximum absolute atomic E-state index is 11.7. The van der Waals surface area contributed by atoms with Crippen molar-refractivity contribution in [3.05, 3.63) is 0 Å². The second-order valence-corrected chi connectivity index (χ2v) is 4.69. The fourth-order valence-corrected chi connectivity index (χ4v) is 2.01. The Morgan fingerprint density at radius 2 is 1.56 bits per heavy atom. The minimum atomic E-state index is 0.0147. The van der Waals surface area contributed by atoms with Crippen molar-refractivity contribution in [2.75, 3.05) is 13.1 Å². The molecule has 5 heteroatoms. The van der Waals surface area contributed by atoms with Gasteiger partial charge in [-0.25, -0.2) is 4.79 Å². The lowest BCUT2D eigenvalue weighted by Crippen LogP contribution is -2.49. The van der Waals surface area contributed by atoms with Gasteiger partial charge in [-0.1, -0.05) is 0 Å². The number of piperidine rings is 1. The van der Waals surface area contributed by atoms with Crippen LogP contribution in [-0.2, 0) is 4.79 Å². The van der Waals surface area contributed by atoms with E-state index in [1.54, 1.807) is 0 Å². The van der Waals surface area contributed by atoms with Gasteiger partial charge in [0.25, 0.3) is 0 Å². The summed E-state index contributed by atoms with van der Waals surface area (Å²) in [4.78, 5) is 24.4. The monoisotopic (exact) mass is 225 g/mol. The largest absolute Gasteiger partial charge is 0.353 e. The smallest absolute Gasteiger partial charge is 0.317 e. The van der Waals surface area contributed by atoms with E-state index in [4.69, 9.17) is 0 Å². The molecule has 90 valence electrons. The molecule has 2 rings (SSSR count). The maximum atomic E-state index is 11.7. The maximum Gasteiger partial charge on any atom is 0.317 e. The predicted octanol–water partition coefficient (Wildman–Crippen LogP) is 0.459. The van der Waals surface area contributed by atoms with Crippen molar-refractivity contribution in [2.24, 2.45) is 0 Å². The van der Waals surface area contributed by atoms with Crippen LogP contribution in [0.2, 0.25) is 0 Å². The Balaban J connectivity index is 1.71. The highest BCUT2D eigenvalue weighted by Crippen LogP contribution is 2.19. The highest BCUT2D eigenvalue weighted by atomic mass is 16.2. The molecule has 2 aliphatic rings. The molecule has 2 fully saturated rings. The number of hydrogen-bond acceptors (Lipinski definition) is 2. The lowest BCUT2D eigenvalue weighted by Gasteiger charge is -2.32. The first-order chi connectivity index (χ1) is 7.65. The van der Waals surface area contributed by atoms with E-state index >= 15 is 0 Å². The number of urea groups is 1. The summed E-state index contributed by atoms with van der Waals surface area (Å²) in [5.41, 5.74) is 0. The number of carbonyl (C=O) groups is 2. The standard InChI is InChI=1S/C11H19N3O2/c1-8(15)12-10-4-6-14(7-5-10)11(16)13-9-2-3-9/h9-10H,2-7H2,1H3,(H,12,15)(H,13,16). The molecule has 1 aliphatic heterocycles. The zero-order valence-corrected chi connectivity index (χ0v) is 9.66. The first-order valence-electron chi connectivity index (χ1n) is 5.97. The van der Waals surface area contributed by atoms with Gasteiger partial charge in [0, 0.05) is 32.1 Å². The summed E-state index contributed by atoms with van der Waals surface area (Å²) >= 11 is 0. The summed E-state index contributed by atoms with van der Waals surface area (Å²) in [5, 5.41) is 5.88. The molecular formula is C11H19N3O2. The van der Waals surface area contributed by atoms with E-state index in [0.29, 0.717) is 6.04 Å². The third-order valence-corrected chi connectivity index (χ3v) is 3.09. The summed E-state index contributed by atoms with van der Waals surface area (Å²) < 4.78 is 0. The molecule has 16 heavy (non-hydrogen) atoms. The van der Waals surface area contributed by atoms with Crippen LogP contribution < -0.4 is 10.6 Å². The number of rotatable bonds is 2. The zero-order chi connectivity index (χ0) is 11.5. The number of carbonyl (C=O) groups excluding carboxylic acids is 2. The van der Waals surface area contributed by atoms with Gasteiger partial charge in [-0.15, -0.1) is 0 Å². The molecule has 0 unspecified atom stereocenters. The summed E-state index contributed by atoms with van der Waals surface area (Å²) in [7, 11) is 0. The van der Waals surface area contributed by atoms with Gasteiger partial charge in [0.15, 0.2) is 0 Å². The fourth-order valence-electron chi connectivity index (χ4n) is 2.01. The number of amides is 3. The molecule has 1 saturated carbocycles. The van der Waals surface area contributed by atoms with Gasteiger partial charge in [0.2, 0.25) is 5.91 Å². The van der Waals surface area contributed by atoms with Crippen LogP contribution in [0, 0.1) is 0 Å². The Kier molecular flexibility index (Phi) is 3.31. The molecule has 2 N–H and O–H groups in total. The van der Waals surface area contributed by atoms with Gasteiger partial charge in [0.05, 0.1) is 0 Å². The van der Waals surface area contributed by atoms with E-state index < -0.39 is 0 Å². The van der Waals surface area contributed by atoms with Crippen molar-refractivity contribution in [1.29, 1.82) is 0 Å². The van der Waals surface area contributed by atoms with E-state index in [1.165, 1.54) is 6.92 Å². The molecule has 0 spiro atoms. The quantitative estimate of drug-likeness (QED) is 0.717. The summed E-state index contributed by atoms with van der Waals surface area (Å²) in [6.07, 6.45) is 3.96. The van der Waals surface area contributed by atoms with Crippen molar-refractivity contribution >= 4 is 11.9 Å². The lowest BCUT2D eigenvalue weighted by atomic mass is 10.1. The minimum absolute atomic E-state index is 0.0147. The highest BCUT2D eigenvalue weighted by Gasteiger charge is 2.28. The average molecular weight is 225 g/mol. The van der Waals surface area contributed by atoms with Crippen molar-refractivity contribution in [1.82, 2.24) is 15.5 Å². The van der Waals surface area contributed by atoms with Crippen molar-refractivity contribution in [3.8, 4) is 0 Å². The summed E-state index contributed by atoms with van der Waals surface area (Å²) in [6.45, 7) is 3.01. The second kappa shape index (κ2) is 4.72. The molecule has 0 aromatic carbocycles. The van der Waals surface area contributed by atoms with Crippen LogP contribution in [0.4, 0.5) is 4.79 Å². The van der Waals surface area contributed by atoms with Gasteiger partial charge in [0.1, 0.15) is 0 Å². The summed E-state index contributed by atoms with van der Waals surface area (Å²) in [6, 6.07) is 0.715. The molecule has 1 heterocycles. The second-order valence-electron chi connectivity index (χ2n) is 4.69. The van der Waals surface area contributed by atoms with E-state index in [9.17, 15) is 9.59 Å². The average Bonchev–Trinajstić information content (AvgIpc) is 3.01. The third kappa shape index (κ3) is 3.12. The van der Waals surface area contributed by atoms with Gasteiger partial charge in [-0.3, -0.25) is 4.79 Å². The van der Waals surface area contributed by atoms with Gasteiger partial charge < -0.3 is 15.5 Å². The zero-order valence-electron chi connectivity index (χ0n) is 9.66.